The Kier molecular flexibility index (Phi) is 7.72. The van der Waals surface area contributed by atoms with Gasteiger partial charge in [0.2, 0.25) is 5.69 Å². The fourth-order valence-corrected chi connectivity index (χ4v) is 5.32. The second-order valence-corrected chi connectivity index (χ2v) is 9.16. The zero-order valence-electron chi connectivity index (χ0n) is 21.8. The Balaban J connectivity index is 1.97. The summed E-state index contributed by atoms with van der Waals surface area (Å²) < 4.78 is 31.3. The number of benzene rings is 1. The van der Waals surface area contributed by atoms with Crippen molar-refractivity contribution >= 4 is 11.2 Å². The molecular formula is C27H38N3O5+. The number of pyridine rings is 1. The first-order chi connectivity index (χ1) is 17.0. The second-order valence-electron chi connectivity index (χ2n) is 9.16. The molecule has 8 nitrogen and oxygen atoms in total. The Morgan fingerprint density at radius 2 is 1.69 bits per heavy atom. The SMILES string of the molecule is CCCC[N+](C)(c1c(OC)nn2c(-c3c(OC)cc(OC)cc3OC)cccc12)C1CCOCC1. The van der Waals surface area contributed by atoms with Gasteiger partial charge in [-0.3, -0.25) is 4.48 Å². The molecule has 3 aromatic rings. The molecule has 0 aliphatic carbocycles. The summed E-state index contributed by atoms with van der Waals surface area (Å²) in [4.78, 5) is 0. The van der Waals surface area contributed by atoms with Crippen molar-refractivity contribution in [3.63, 3.8) is 0 Å². The third-order valence-corrected chi connectivity index (χ3v) is 7.25. The number of hydrogen-bond acceptors (Lipinski definition) is 6. The predicted octanol–water partition coefficient (Wildman–Crippen LogP) is 4.95. The fourth-order valence-electron chi connectivity index (χ4n) is 5.32. The first-order valence-corrected chi connectivity index (χ1v) is 12.3. The number of hydrogen-bond donors (Lipinski definition) is 0. The summed E-state index contributed by atoms with van der Waals surface area (Å²) in [6.07, 6.45) is 4.28. The van der Waals surface area contributed by atoms with Crippen LogP contribution in [0.25, 0.3) is 16.8 Å². The molecular weight excluding hydrogens is 446 g/mol. The number of methoxy groups -OCH3 is 4. The van der Waals surface area contributed by atoms with Crippen molar-refractivity contribution in [3.8, 4) is 34.4 Å². The van der Waals surface area contributed by atoms with Gasteiger partial charge >= 0.3 is 0 Å². The molecule has 0 radical (unpaired) electrons. The van der Waals surface area contributed by atoms with E-state index in [-0.39, 0.29) is 0 Å². The topological polar surface area (TPSA) is 63.5 Å². The standard InChI is InChI=1S/C27H38N3O5/c1-7-8-14-30(2,19-12-15-35-16-13-19)26-22-11-9-10-21(29(22)28-27(26)34-6)25-23(32-4)17-20(31-3)18-24(25)33-5/h9-11,17-19H,7-8,12-16H2,1-6H3/q+1. The Morgan fingerprint density at radius 1 is 1.00 bits per heavy atom. The van der Waals surface area contributed by atoms with Crippen LogP contribution in [-0.4, -0.2) is 70.9 Å². The van der Waals surface area contributed by atoms with Crippen molar-refractivity contribution in [3.05, 3.63) is 30.3 Å². The largest absolute Gasteiger partial charge is 0.496 e. The van der Waals surface area contributed by atoms with Gasteiger partial charge < -0.3 is 23.7 Å². The van der Waals surface area contributed by atoms with Gasteiger partial charge in [0.1, 0.15) is 22.8 Å². The van der Waals surface area contributed by atoms with E-state index >= 15 is 0 Å². The molecule has 0 bridgehead atoms. The molecule has 0 N–H and O–H groups in total. The van der Waals surface area contributed by atoms with Gasteiger partial charge in [0.25, 0.3) is 5.88 Å². The molecule has 1 saturated heterocycles. The van der Waals surface area contributed by atoms with E-state index in [0.29, 0.717) is 29.2 Å². The number of aromatic nitrogens is 2. The first kappa shape index (κ1) is 25.1. The van der Waals surface area contributed by atoms with Gasteiger partial charge in [0, 0.05) is 25.0 Å². The van der Waals surface area contributed by atoms with E-state index in [0.717, 1.165) is 72.4 Å². The number of ether oxygens (including phenoxy) is 5. The van der Waals surface area contributed by atoms with Gasteiger partial charge in [-0.05, 0) is 18.6 Å². The molecule has 0 amide bonds. The highest BCUT2D eigenvalue weighted by molar-refractivity contribution is 5.83. The lowest BCUT2D eigenvalue weighted by molar-refractivity contribution is 0.0441. The van der Waals surface area contributed by atoms with Crippen molar-refractivity contribution in [2.24, 2.45) is 0 Å². The highest BCUT2D eigenvalue weighted by Crippen LogP contribution is 2.45. The van der Waals surface area contributed by atoms with Gasteiger partial charge in [-0.1, -0.05) is 19.4 Å². The minimum Gasteiger partial charge on any atom is -0.496 e. The molecule has 1 aliphatic heterocycles. The third kappa shape index (κ3) is 4.52. The Hall–Kier alpha value is -2.97. The minimum atomic E-state index is 0.436. The lowest BCUT2D eigenvalue weighted by atomic mass is 10.0. The zero-order valence-corrected chi connectivity index (χ0v) is 21.8. The van der Waals surface area contributed by atoms with E-state index in [1.165, 1.54) is 0 Å². The average Bonchev–Trinajstić information content (AvgIpc) is 3.31. The Labute approximate surface area is 207 Å². The summed E-state index contributed by atoms with van der Waals surface area (Å²) in [5.41, 5.74) is 3.80. The van der Waals surface area contributed by atoms with Gasteiger partial charge in [-0.15, -0.1) is 5.10 Å². The summed E-state index contributed by atoms with van der Waals surface area (Å²) in [7, 11) is 8.96. The summed E-state index contributed by atoms with van der Waals surface area (Å²) in [5, 5.41) is 4.98. The van der Waals surface area contributed by atoms with Crippen LogP contribution in [-0.2, 0) is 4.74 Å². The average molecular weight is 485 g/mol. The molecule has 1 aromatic carbocycles. The van der Waals surface area contributed by atoms with Crippen molar-refractivity contribution in [2.45, 2.75) is 38.6 Å². The molecule has 2 aromatic heterocycles. The number of nitrogens with zero attached hydrogens (tertiary/aromatic N) is 3. The molecule has 35 heavy (non-hydrogen) atoms. The summed E-state index contributed by atoms with van der Waals surface area (Å²) in [6, 6.07) is 10.4. The van der Waals surface area contributed by atoms with E-state index in [1.807, 2.05) is 22.7 Å². The summed E-state index contributed by atoms with van der Waals surface area (Å²) in [6.45, 7) is 4.83. The zero-order chi connectivity index (χ0) is 25.0. The van der Waals surface area contributed by atoms with Crippen molar-refractivity contribution in [1.82, 2.24) is 14.1 Å². The highest BCUT2D eigenvalue weighted by atomic mass is 16.5. The Bertz CT molecular complexity index is 1130. The molecule has 8 heteroatoms. The van der Waals surface area contributed by atoms with Crippen LogP contribution >= 0.6 is 0 Å². The number of rotatable bonds is 10. The number of unbranched alkanes of at least 4 members (excludes halogenated alkanes) is 1. The highest BCUT2D eigenvalue weighted by Gasteiger charge is 2.41. The maximum Gasteiger partial charge on any atom is 0.296 e. The van der Waals surface area contributed by atoms with Crippen molar-refractivity contribution < 1.29 is 23.7 Å². The van der Waals surface area contributed by atoms with E-state index in [4.69, 9.17) is 28.8 Å². The summed E-state index contributed by atoms with van der Waals surface area (Å²) in [5.74, 6) is 2.61. The molecule has 1 fully saturated rings. The molecule has 0 saturated carbocycles. The smallest absolute Gasteiger partial charge is 0.296 e. The third-order valence-electron chi connectivity index (χ3n) is 7.25. The lowest BCUT2D eigenvalue weighted by Gasteiger charge is -2.42. The van der Waals surface area contributed by atoms with Gasteiger partial charge in [-0.2, -0.15) is 0 Å². The monoisotopic (exact) mass is 484 g/mol. The molecule has 1 unspecified atom stereocenters. The van der Waals surface area contributed by atoms with Gasteiger partial charge in [-0.25, -0.2) is 4.52 Å². The number of fused-ring (bicyclic) bond motifs is 1. The van der Waals surface area contributed by atoms with Crippen LogP contribution in [0.15, 0.2) is 30.3 Å². The maximum absolute atomic E-state index is 5.93. The molecule has 1 atom stereocenters. The van der Waals surface area contributed by atoms with Gasteiger partial charge in [0.15, 0.2) is 0 Å². The van der Waals surface area contributed by atoms with E-state index in [9.17, 15) is 0 Å². The van der Waals surface area contributed by atoms with E-state index in [1.54, 1.807) is 28.4 Å². The molecule has 3 heterocycles. The van der Waals surface area contributed by atoms with Gasteiger partial charge in [0.05, 0.1) is 72.5 Å². The van der Waals surface area contributed by atoms with Crippen LogP contribution in [0.4, 0.5) is 5.69 Å². The molecule has 4 rings (SSSR count). The summed E-state index contributed by atoms with van der Waals surface area (Å²) >= 11 is 0. The van der Waals surface area contributed by atoms with Crippen LogP contribution in [0.2, 0.25) is 0 Å². The fraction of sp³-hybridized carbons (Fsp3) is 0.519. The Morgan fingerprint density at radius 3 is 2.26 bits per heavy atom. The van der Waals surface area contributed by atoms with Crippen molar-refractivity contribution in [1.29, 1.82) is 0 Å². The quantitative estimate of drug-likeness (QED) is 0.380. The maximum atomic E-state index is 5.93. The lowest BCUT2D eigenvalue weighted by Crippen LogP contribution is -2.56. The molecule has 190 valence electrons. The van der Waals surface area contributed by atoms with Crippen LogP contribution in [0.1, 0.15) is 32.6 Å². The van der Waals surface area contributed by atoms with E-state index in [2.05, 4.69) is 26.1 Å². The van der Waals surface area contributed by atoms with Crippen molar-refractivity contribution in [2.75, 3.05) is 55.2 Å². The molecule has 1 aliphatic rings. The van der Waals surface area contributed by atoms with E-state index < -0.39 is 0 Å². The van der Waals surface area contributed by atoms with Crippen LogP contribution in [0, 0.1) is 0 Å². The predicted molar refractivity (Wildman–Crippen MR) is 138 cm³/mol. The van der Waals surface area contributed by atoms with Crippen LogP contribution < -0.4 is 23.4 Å². The molecule has 0 spiro atoms. The second kappa shape index (κ2) is 10.7. The van der Waals surface area contributed by atoms with Crippen LogP contribution in [0.3, 0.4) is 0 Å². The number of quaternary nitrogens is 1. The van der Waals surface area contributed by atoms with Crippen LogP contribution in [0.5, 0.6) is 23.1 Å². The normalized spacial score (nSPS) is 16.2. The first-order valence-electron chi connectivity index (χ1n) is 12.3. The minimum absolute atomic E-state index is 0.436.